The van der Waals surface area contributed by atoms with Gasteiger partial charge in [-0.25, -0.2) is 4.79 Å². The van der Waals surface area contributed by atoms with Crippen LogP contribution in [0.3, 0.4) is 0 Å². The Bertz CT molecular complexity index is 496. The van der Waals surface area contributed by atoms with Crippen molar-refractivity contribution in [2.75, 3.05) is 26.8 Å². The van der Waals surface area contributed by atoms with Gasteiger partial charge < -0.3 is 20.1 Å². The summed E-state index contributed by atoms with van der Waals surface area (Å²) in [5.74, 6) is 1.28. The number of aryl methyl sites for hydroxylation is 1. The molecule has 2 rings (SSSR count). The zero-order chi connectivity index (χ0) is 17.4. The second-order valence-corrected chi connectivity index (χ2v) is 6.72. The number of amides is 2. The molecular weight excluding hydrogens is 304 g/mol. The van der Waals surface area contributed by atoms with E-state index >= 15 is 0 Å². The zero-order valence-electron chi connectivity index (χ0n) is 14.8. The average Bonchev–Trinajstić information content (AvgIpc) is 2.62. The van der Waals surface area contributed by atoms with Crippen LogP contribution >= 0.6 is 0 Å². The predicted octanol–water partition coefficient (Wildman–Crippen LogP) is 2.96. The summed E-state index contributed by atoms with van der Waals surface area (Å²) in [6.07, 6.45) is 4.74. The molecule has 2 amide bonds. The van der Waals surface area contributed by atoms with Crippen LogP contribution in [0.4, 0.5) is 4.79 Å². The lowest BCUT2D eigenvalue weighted by molar-refractivity contribution is 0.134. The molecule has 24 heavy (non-hydrogen) atoms. The van der Waals surface area contributed by atoms with E-state index in [2.05, 4.69) is 5.32 Å². The molecule has 1 aromatic carbocycles. The summed E-state index contributed by atoms with van der Waals surface area (Å²) in [6, 6.07) is 8.25. The summed E-state index contributed by atoms with van der Waals surface area (Å²) >= 11 is 0. The zero-order valence-corrected chi connectivity index (χ0v) is 14.8. The van der Waals surface area contributed by atoms with E-state index in [1.165, 1.54) is 5.56 Å². The summed E-state index contributed by atoms with van der Waals surface area (Å²) in [6.45, 7) is 3.52. The molecule has 1 aliphatic carbocycles. The molecule has 1 fully saturated rings. The number of urea groups is 1. The van der Waals surface area contributed by atoms with Gasteiger partial charge in [-0.3, -0.25) is 0 Å². The lowest BCUT2D eigenvalue weighted by Gasteiger charge is -2.34. The van der Waals surface area contributed by atoms with Crippen LogP contribution in [0.15, 0.2) is 24.3 Å². The van der Waals surface area contributed by atoms with E-state index in [1.54, 1.807) is 0 Å². The number of carbonyl (C=O) groups excluding carboxylic acids is 1. The first kappa shape index (κ1) is 18.6. The highest BCUT2D eigenvalue weighted by Crippen LogP contribution is 2.26. The van der Waals surface area contributed by atoms with Crippen molar-refractivity contribution in [1.82, 2.24) is 10.2 Å². The van der Waals surface area contributed by atoms with Crippen molar-refractivity contribution in [3.63, 3.8) is 0 Å². The normalized spacial score (nSPS) is 20.5. The van der Waals surface area contributed by atoms with Crippen LogP contribution in [0, 0.1) is 12.8 Å². The van der Waals surface area contributed by atoms with E-state index in [0.717, 1.165) is 37.9 Å². The van der Waals surface area contributed by atoms with Gasteiger partial charge in [0.2, 0.25) is 0 Å². The largest absolute Gasteiger partial charge is 0.494 e. The van der Waals surface area contributed by atoms with Gasteiger partial charge in [-0.1, -0.05) is 17.7 Å². The van der Waals surface area contributed by atoms with Crippen molar-refractivity contribution < 1.29 is 14.6 Å². The molecule has 1 saturated carbocycles. The fourth-order valence-electron chi connectivity index (χ4n) is 3.10. The van der Waals surface area contributed by atoms with Gasteiger partial charge in [-0.05, 0) is 57.1 Å². The highest BCUT2D eigenvalue weighted by molar-refractivity contribution is 5.74. The molecule has 1 aromatic rings. The Balaban J connectivity index is 1.59. The molecule has 5 heteroatoms. The molecule has 0 saturated heterocycles. The molecular formula is C19H30N2O3. The molecule has 134 valence electrons. The van der Waals surface area contributed by atoms with Gasteiger partial charge in [0.15, 0.2) is 0 Å². The molecule has 0 aliphatic heterocycles. The highest BCUT2D eigenvalue weighted by atomic mass is 16.5. The lowest BCUT2D eigenvalue weighted by Crippen LogP contribution is -2.45. The Hall–Kier alpha value is -1.75. The number of nitrogens with zero attached hydrogens (tertiary/aromatic N) is 1. The van der Waals surface area contributed by atoms with Crippen LogP contribution in [0.5, 0.6) is 5.75 Å². The van der Waals surface area contributed by atoms with Gasteiger partial charge in [0.1, 0.15) is 5.75 Å². The van der Waals surface area contributed by atoms with Gasteiger partial charge in [0.25, 0.3) is 0 Å². The number of aliphatic hydroxyl groups excluding tert-OH is 1. The van der Waals surface area contributed by atoms with Crippen LogP contribution < -0.4 is 10.1 Å². The second kappa shape index (κ2) is 9.52. The van der Waals surface area contributed by atoms with Gasteiger partial charge >= 0.3 is 6.03 Å². The molecule has 0 heterocycles. The number of rotatable bonds is 7. The van der Waals surface area contributed by atoms with Crippen molar-refractivity contribution in [2.24, 2.45) is 5.92 Å². The summed E-state index contributed by atoms with van der Waals surface area (Å²) < 4.78 is 5.66. The van der Waals surface area contributed by atoms with Gasteiger partial charge in [-0.2, -0.15) is 0 Å². The van der Waals surface area contributed by atoms with Crippen molar-refractivity contribution >= 4 is 6.03 Å². The molecule has 1 aliphatic rings. The second-order valence-electron chi connectivity index (χ2n) is 6.72. The van der Waals surface area contributed by atoms with Crippen LogP contribution in [-0.2, 0) is 0 Å². The maximum Gasteiger partial charge on any atom is 0.317 e. The molecule has 0 spiro atoms. The van der Waals surface area contributed by atoms with E-state index in [1.807, 2.05) is 43.1 Å². The number of aliphatic hydroxyl groups is 1. The fourth-order valence-corrected chi connectivity index (χ4v) is 3.10. The van der Waals surface area contributed by atoms with Gasteiger partial charge in [0.05, 0.1) is 6.61 Å². The molecule has 0 unspecified atom stereocenters. The van der Waals surface area contributed by atoms with Crippen LogP contribution in [0.2, 0.25) is 0 Å². The lowest BCUT2D eigenvalue weighted by atomic mass is 9.86. The highest BCUT2D eigenvalue weighted by Gasteiger charge is 2.25. The Morgan fingerprint density at radius 2 is 1.92 bits per heavy atom. The van der Waals surface area contributed by atoms with E-state index in [9.17, 15) is 9.90 Å². The summed E-state index contributed by atoms with van der Waals surface area (Å²) in [4.78, 5) is 14.0. The Kier molecular flexibility index (Phi) is 7.37. The van der Waals surface area contributed by atoms with Crippen molar-refractivity contribution in [3.05, 3.63) is 29.8 Å². The Morgan fingerprint density at radius 1 is 1.25 bits per heavy atom. The molecule has 0 atom stereocenters. The Morgan fingerprint density at radius 3 is 2.54 bits per heavy atom. The summed E-state index contributed by atoms with van der Waals surface area (Å²) in [7, 11) is 1.86. The maximum absolute atomic E-state index is 12.2. The number of nitrogens with one attached hydrogen (secondary N) is 1. The number of hydrogen-bond acceptors (Lipinski definition) is 3. The molecule has 0 aromatic heterocycles. The van der Waals surface area contributed by atoms with E-state index in [-0.39, 0.29) is 18.7 Å². The minimum atomic E-state index is -0.0159. The SMILES string of the molecule is Cc1ccc(OCCCNC(=O)N(C)C2CCC(CO)CC2)cc1. The minimum absolute atomic E-state index is 0.0159. The third-order valence-corrected chi connectivity index (χ3v) is 4.83. The smallest absolute Gasteiger partial charge is 0.317 e. The third kappa shape index (κ3) is 5.71. The quantitative estimate of drug-likeness (QED) is 0.754. The van der Waals surface area contributed by atoms with Crippen LogP contribution in [-0.4, -0.2) is 48.9 Å². The monoisotopic (exact) mass is 334 g/mol. The number of ether oxygens (including phenoxy) is 1. The predicted molar refractivity (Wildman–Crippen MR) is 95.3 cm³/mol. The number of hydrogen-bond donors (Lipinski definition) is 2. The van der Waals surface area contributed by atoms with Gasteiger partial charge in [0, 0.05) is 26.2 Å². The number of carbonyl (C=O) groups is 1. The van der Waals surface area contributed by atoms with E-state index in [0.29, 0.717) is 19.1 Å². The molecule has 0 radical (unpaired) electrons. The summed E-state index contributed by atoms with van der Waals surface area (Å²) in [5, 5.41) is 12.1. The fraction of sp³-hybridized carbons (Fsp3) is 0.632. The minimum Gasteiger partial charge on any atom is -0.494 e. The molecule has 2 N–H and O–H groups in total. The first-order valence-electron chi connectivity index (χ1n) is 8.91. The standard InChI is InChI=1S/C19H30N2O3/c1-15-4-10-18(11-5-15)24-13-3-12-20-19(23)21(2)17-8-6-16(14-22)7-9-17/h4-5,10-11,16-17,22H,3,6-9,12-14H2,1-2H3,(H,20,23). The first-order valence-corrected chi connectivity index (χ1v) is 8.91. The number of benzene rings is 1. The van der Waals surface area contributed by atoms with Gasteiger partial charge in [-0.15, -0.1) is 0 Å². The Labute approximate surface area is 145 Å². The van der Waals surface area contributed by atoms with E-state index < -0.39 is 0 Å². The van der Waals surface area contributed by atoms with Crippen molar-refractivity contribution in [2.45, 2.75) is 45.1 Å². The van der Waals surface area contributed by atoms with Crippen molar-refractivity contribution in [1.29, 1.82) is 0 Å². The average molecular weight is 334 g/mol. The maximum atomic E-state index is 12.2. The molecule has 0 bridgehead atoms. The topological polar surface area (TPSA) is 61.8 Å². The van der Waals surface area contributed by atoms with Crippen LogP contribution in [0.25, 0.3) is 0 Å². The first-order chi connectivity index (χ1) is 11.6. The van der Waals surface area contributed by atoms with Crippen LogP contribution in [0.1, 0.15) is 37.7 Å². The molecule has 5 nitrogen and oxygen atoms in total. The third-order valence-electron chi connectivity index (χ3n) is 4.83. The van der Waals surface area contributed by atoms with Crippen molar-refractivity contribution in [3.8, 4) is 5.75 Å². The van der Waals surface area contributed by atoms with E-state index in [4.69, 9.17) is 4.74 Å². The summed E-state index contributed by atoms with van der Waals surface area (Å²) in [5.41, 5.74) is 1.21.